The summed E-state index contributed by atoms with van der Waals surface area (Å²) >= 11 is 0. The van der Waals surface area contributed by atoms with Crippen LogP contribution in [0.15, 0.2) is 24.3 Å². The summed E-state index contributed by atoms with van der Waals surface area (Å²) in [5.74, 6) is 0.943. The van der Waals surface area contributed by atoms with Crippen LogP contribution in [0.1, 0.15) is 38.7 Å². The highest BCUT2D eigenvalue weighted by molar-refractivity contribution is 5.27. The molecule has 1 aliphatic heterocycles. The number of hydrogen-bond acceptors (Lipinski definition) is 3. The SMILES string of the molecule is CNC(C)CCc1ccc(OCC2CCC(C)O2)cc1. The van der Waals surface area contributed by atoms with Crippen LogP contribution in [0.25, 0.3) is 0 Å². The molecule has 3 heteroatoms. The molecule has 0 saturated carbocycles. The van der Waals surface area contributed by atoms with E-state index in [1.807, 2.05) is 7.05 Å². The summed E-state index contributed by atoms with van der Waals surface area (Å²) in [7, 11) is 2.01. The van der Waals surface area contributed by atoms with E-state index in [4.69, 9.17) is 9.47 Å². The summed E-state index contributed by atoms with van der Waals surface area (Å²) in [5.41, 5.74) is 1.37. The molecule has 112 valence electrons. The molecule has 1 N–H and O–H groups in total. The second-order valence-electron chi connectivity index (χ2n) is 5.83. The fourth-order valence-corrected chi connectivity index (χ4v) is 2.48. The van der Waals surface area contributed by atoms with E-state index in [0.717, 1.165) is 31.4 Å². The lowest BCUT2D eigenvalue weighted by Crippen LogP contribution is -2.21. The Bertz CT molecular complexity index is 390. The Morgan fingerprint density at radius 2 is 2.05 bits per heavy atom. The van der Waals surface area contributed by atoms with Gasteiger partial charge in [0.15, 0.2) is 0 Å². The van der Waals surface area contributed by atoms with Gasteiger partial charge in [0.1, 0.15) is 12.4 Å². The van der Waals surface area contributed by atoms with Gasteiger partial charge in [-0.1, -0.05) is 12.1 Å². The van der Waals surface area contributed by atoms with Crippen molar-refractivity contribution < 1.29 is 9.47 Å². The fraction of sp³-hybridized carbons (Fsp3) is 0.647. The lowest BCUT2D eigenvalue weighted by atomic mass is 10.1. The van der Waals surface area contributed by atoms with Gasteiger partial charge in [-0.25, -0.2) is 0 Å². The van der Waals surface area contributed by atoms with E-state index in [9.17, 15) is 0 Å². The van der Waals surface area contributed by atoms with E-state index >= 15 is 0 Å². The van der Waals surface area contributed by atoms with Crippen LogP contribution in [-0.4, -0.2) is 31.9 Å². The Morgan fingerprint density at radius 3 is 2.65 bits per heavy atom. The van der Waals surface area contributed by atoms with Crippen LogP contribution < -0.4 is 10.1 Å². The average Bonchev–Trinajstić information content (AvgIpc) is 2.89. The van der Waals surface area contributed by atoms with E-state index in [1.54, 1.807) is 0 Å². The molecule has 1 heterocycles. The van der Waals surface area contributed by atoms with Gasteiger partial charge >= 0.3 is 0 Å². The molecule has 0 bridgehead atoms. The number of nitrogens with one attached hydrogen (secondary N) is 1. The third-order valence-electron chi connectivity index (χ3n) is 4.04. The molecular formula is C17H27NO2. The molecular weight excluding hydrogens is 250 g/mol. The van der Waals surface area contributed by atoms with E-state index in [0.29, 0.717) is 18.8 Å². The van der Waals surface area contributed by atoms with Crippen molar-refractivity contribution in [2.75, 3.05) is 13.7 Å². The summed E-state index contributed by atoms with van der Waals surface area (Å²) in [6, 6.07) is 9.02. The van der Waals surface area contributed by atoms with Crippen molar-refractivity contribution in [3.63, 3.8) is 0 Å². The topological polar surface area (TPSA) is 30.5 Å². The van der Waals surface area contributed by atoms with Gasteiger partial charge in [0.2, 0.25) is 0 Å². The molecule has 0 amide bonds. The van der Waals surface area contributed by atoms with Gasteiger partial charge in [-0.3, -0.25) is 0 Å². The number of aryl methyl sites for hydroxylation is 1. The monoisotopic (exact) mass is 277 g/mol. The van der Waals surface area contributed by atoms with Crippen LogP contribution in [0, 0.1) is 0 Å². The van der Waals surface area contributed by atoms with E-state index in [-0.39, 0.29) is 6.10 Å². The number of benzene rings is 1. The molecule has 1 saturated heterocycles. The minimum atomic E-state index is 0.265. The van der Waals surface area contributed by atoms with Crippen molar-refractivity contribution in [2.45, 2.75) is 57.8 Å². The smallest absolute Gasteiger partial charge is 0.119 e. The Hall–Kier alpha value is -1.06. The van der Waals surface area contributed by atoms with Gasteiger partial charge in [-0.2, -0.15) is 0 Å². The van der Waals surface area contributed by atoms with Crippen LogP contribution in [-0.2, 0) is 11.2 Å². The Morgan fingerprint density at radius 1 is 1.30 bits per heavy atom. The normalized spacial score (nSPS) is 23.8. The molecule has 0 radical (unpaired) electrons. The molecule has 3 unspecified atom stereocenters. The second kappa shape index (κ2) is 7.65. The summed E-state index contributed by atoms with van der Waals surface area (Å²) in [4.78, 5) is 0. The maximum absolute atomic E-state index is 5.80. The van der Waals surface area contributed by atoms with Crippen molar-refractivity contribution in [1.82, 2.24) is 5.32 Å². The molecule has 0 aromatic heterocycles. The summed E-state index contributed by atoms with van der Waals surface area (Å²) in [6.07, 6.45) is 5.18. The molecule has 1 aromatic carbocycles. The first-order chi connectivity index (χ1) is 9.67. The van der Waals surface area contributed by atoms with Crippen molar-refractivity contribution in [3.05, 3.63) is 29.8 Å². The highest BCUT2D eigenvalue weighted by Gasteiger charge is 2.22. The molecule has 3 nitrogen and oxygen atoms in total. The van der Waals surface area contributed by atoms with Crippen molar-refractivity contribution >= 4 is 0 Å². The highest BCUT2D eigenvalue weighted by Crippen LogP contribution is 2.21. The van der Waals surface area contributed by atoms with Gasteiger partial charge in [0.05, 0.1) is 12.2 Å². The number of rotatable bonds is 7. The highest BCUT2D eigenvalue weighted by atomic mass is 16.5. The lowest BCUT2D eigenvalue weighted by Gasteiger charge is -2.13. The largest absolute Gasteiger partial charge is 0.491 e. The predicted molar refractivity (Wildman–Crippen MR) is 82.3 cm³/mol. The second-order valence-corrected chi connectivity index (χ2v) is 5.83. The number of hydrogen-bond donors (Lipinski definition) is 1. The summed E-state index contributed by atoms with van der Waals surface area (Å²) in [6.45, 7) is 5.00. The molecule has 3 atom stereocenters. The van der Waals surface area contributed by atoms with E-state index < -0.39 is 0 Å². The Balaban J connectivity index is 1.73. The van der Waals surface area contributed by atoms with Gasteiger partial charge < -0.3 is 14.8 Å². The van der Waals surface area contributed by atoms with Crippen molar-refractivity contribution in [2.24, 2.45) is 0 Å². The first-order valence-corrected chi connectivity index (χ1v) is 7.72. The third kappa shape index (κ3) is 4.80. The zero-order chi connectivity index (χ0) is 14.4. The van der Waals surface area contributed by atoms with Crippen molar-refractivity contribution in [3.8, 4) is 5.75 Å². The van der Waals surface area contributed by atoms with Gasteiger partial charge in [0.25, 0.3) is 0 Å². The zero-order valence-electron chi connectivity index (χ0n) is 12.9. The average molecular weight is 277 g/mol. The van der Waals surface area contributed by atoms with Gasteiger partial charge in [-0.05, 0) is 64.3 Å². The van der Waals surface area contributed by atoms with E-state index in [1.165, 1.54) is 5.56 Å². The molecule has 0 aliphatic carbocycles. The first-order valence-electron chi connectivity index (χ1n) is 7.72. The molecule has 2 rings (SSSR count). The maximum Gasteiger partial charge on any atom is 0.119 e. The van der Waals surface area contributed by atoms with Gasteiger partial charge in [0, 0.05) is 6.04 Å². The minimum Gasteiger partial charge on any atom is -0.491 e. The zero-order valence-corrected chi connectivity index (χ0v) is 12.9. The van der Waals surface area contributed by atoms with Crippen LogP contribution in [0.3, 0.4) is 0 Å². The predicted octanol–water partition coefficient (Wildman–Crippen LogP) is 3.17. The maximum atomic E-state index is 5.80. The quantitative estimate of drug-likeness (QED) is 0.830. The van der Waals surface area contributed by atoms with Crippen LogP contribution in [0.5, 0.6) is 5.75 Å². The van der Waals surface area contributed by atoms with Crippen LogP contribution >= 0.6 is 0 Å². The summed E-state index contributed by atoms with van der Waals surface area (Å²) in [5, 5.41) is 3.26. The fourth-order valence-electron chi connectivity index (χ4n) is 2.48. The summed E-state index contributed by atoms with van der Waals surface area (Å²) < 4.78 is 11.6. The molecule has 1 aliphatic rings. The standard InChI is InChI=1S/C17H27NO2/c1-13(18-3)4-6-15-7-10-16(11-8-15)19-12-17-9-5-14(2)20-17/h7-8,10-11,13-14,17-18H,4-6,9,12H2,1-3H3. The minimum absolute atomic E-state index is 0.265. The van der Waals surface area contributed by atoms with Crippen LogP contribution in [0.2, 0.25) is 0 Å². The molecule has 20 heavy (non-hydrogen) atoms. The van der Waals surface area contributed by atoms with E-state index in [2.05, 4.69) is 43.4 Å². The Labute approximate surface area is 122 Å². The number of ether oxygens (including phenoxy) is 2. The first kappa shape index (κ1) is 15.3. The molecule has 1 fully saturated rings. The molecule has 0 spiro atoms. The third-order valence-corrected chi connectivity index (χ3v) is 4.04. The lowest BCUT2D eigenvalue weighted by molar-refractivity contribution is 0.0264. The van der Waals surface area contributed by atoms with Gasteiger partial charge in [-0.15, -0.1) is 0 Å². The Kier molecular flexibility index (Phi) is 5.86. The molecule has 1 aromatic rings. The van der Waals surface area contributed by atoms with Crippen LogP contribution in [0.4, 0.5) is 0 Å². The van der Waals surface area contributed by atoms with Crippen molar-refractivity contribution in [1.29, 1.82) is 0 Å².